The first-order valence-corrected chi connectivity index (χ1v) is 13.8. The molecule has 2 heterocycles. The third-order valence-corrected chi connectivity index (χ3v) is 8.39. The van der Waals surface area contributed by atoms with Crippen LogP contribution in [0.4, 0.5) is 17.6 Å². The van der Waals surface area contributed by atoms with E-state index in [1.165, 1.54) is 29.2 Å². The maximum Gasteiger partial charge on any atom is 0.419 e. The molecule has 7 nitrogen and oxygen atoms in total. The summed E-state index contributed by atoms with van der Waals surface area (Å²) in [5.74, 6) is -2.86. The molecule has 0 aromatic heterocycles. The molecule has 5 rings (SSSR count). The monoisotopic (exact) mass is 552 g/mol. The van der Waals surface area contributed by atoms with Gasteiger partial charge in [-0.1, -0.05) is 24.3 Å². The fourth-order valence-corrected chi connectivity index (χ4v) is 5.77. The number of halogens is 4. The predicted octanol–water partition coefficient (Wildman–Crippen LogP) is 3.52. The van der Waals surface area contributed by atoms with Gasteiger partial charge in [-0.2, -0.15) is 13.2 Å². The zero-order chi connectivity index (χ0) is 27.4. The van der Waals surface area contributed by atoms with Crippen LogP contribution in [-0.4, -0.2) is 56.7 Å². The number of hydrogen-bond acceptors (Lipinski definition) is 5. The van der Waals surface area contributed by atoms with E-state index < -0.39 is 51.3 Å². The highest BCUT2D eigenvalue weighted by molar-refractivity contribution is 7.90. The predicted molar refractivity (Wildman–Crippen MR) is 127 cm³/mol. The summed E-state index contributed by atoms with van der Waals surface area (Å²) in [4.78, 5) is 28.4. The van der Waals surface area contributed by atoms with Gasteiger partial charge in [0.25, 0.3) is 5.91 Å². The maximum atomic E-state index is 14.3. The Balaban J connectivity index is 1.41. The number of carbonyl (C=O) groups is 2. The molecular weight excluding hydrogens is 528 g/mol. The number of ether oxygens (including phenoxy) is 1. The molecule has 0 saturated carbocycles. The first-order valence-electron chi connectivity index (χ1n) is 11.9. The molecule has 0 bridgehead atoms. The minimum absolute atomic E-state index is 0.0290. The van der Waals surface area contributed by atoms with Crippen LogP contribution in [0.1, 0.15) is 33.9 Å². The van der Waals surface area contributed by atoms with Crippen molar-refractivity contribution in [2.75, 3.05) is 19.5 Å². The van der Waals surface area contributed by atoms with Gasteiger partial charge in [-0.05, 0) is 42.3 Å². The van der Waals surface area contributed by atoms with E-state index >= 15 is 0 Å². The van der Waals surface area contributed by atoms with Gasteiger partial charge in [0, 0.05) is 23.7 Å². The fourth-order valence-electron chi connectivity index (χ4n) is 5.11. The van der Waals surface area contributed by atoms with Crippen molar-refractivity contribution in [1.29, 1.82) is 0 Å². The van der Waals surface area contributed by atoms with Crippen LogP contribution < -0.4 is 5.32 Å². The normalized spacial score (nSPS) is 23.8. The summed E-state index contributed by atoms with van der Waals surface area (Å²) in [5, 5.41) is 2.82. The van der Waals surface area contributed by atoms with E-state index in [0.29, 0.717) is 12.5 Å². The Kier molecular flexibility index (Phi) is 6.59. The summed E-state index contributed by atoms with van der Waals surface area (Å²) >= 11 is 0. The number of amides is 2. The molecule has 4 atom stereocenters. The van der Waals surface area contributed by atoms with Gasteiger partial charge < -0.3 is 15.0 Å². The quantitative estimate of drug-likeness (QED) is 0.438. The Bertz CT molecular complexity index is 1420. The zero-order valence-corrected chi connectivity index (χ0v) is 20.9. The average molecular weight is 553 g/mol. The summed E-state index contributed by atoms with van der Waals surface area (Å²) in [5.41, 5.74) is -1.13. The Morgan fingerprint density at radius 3 is 2.39 bits per heavy atom. The molecule has 2 amide bonds. The molecule has 2 aromatic rings. The second-order valence-corrected chi connectivity index (χ2v) is 11.8. The number of nitrogens with zero attached hydrogens (tertiary/aromatic N) is 1. The number of likely N-dealkylation sites (tertiary alicyclic amines) is 1. The Labute approximate surface area is 216 Å². The molecule has 1 N–H and O–H groups in total. The van der Waals surface area contributed by atoms with Crippen LogP contribution in [0.3, 0.4) is 0 Å². The van der Waals surface area contributed by atoms with Crippen LogP contribution in [0.25, 0.3) is 0 Å². The number of rotatable bonds is 6. The van der Waals surface area contributed by atoms with Crippen LogP contribution in [0, 0.1) is 17.7 Å². The third kappa shape index (κ3) is 4.82. The van der Waals surface area contributed by atoms with E-state index in [-0.39, 0.29) is 47.1 Å². The van der Waals surface area contributed by atoms with Gasteiger partial charge in [-0.3, -0.25) is 9.59 Å². The van der Waals surface area contributed by atoms with E-state index in [9.17, 15) is 35.6 Å². The van der Waals surface area contributed by atoms with Gasteiger partial charge >= 0.3 is 6.18 Å². The molecule has 0 spiro atoms. The van der Waals surface area contributed by atoms with Gasteiger partial charge in [0.1, 0.15) is 11.9 Å². The van der Waals surface area contributed by atoms with E-state index in [4.69, 9.17) is 4.74 Å². The Morgan fingerprint density at radius 1 is 1.11 bits per heavy atom. The minimum Gasteiger partial charge on any atom is -0.381 e. The molecule has 2 aromatic carbocycles. The van der Waals surface area contributed by atoms with Gasteiger partial charge in [0.15, 0.2) is 9.84 Å². The standard InChI is InChI=1S/C26H24F4N2O5S/c1-38(35,36)18-4-2-3-16(9-18)25(34)32-21-8-6-14(21)11-22(32)24(33)31-23(17-12-37-13-17)15-5-7-19(20(27)10-15)26(28,29)30/h2-10,14,17,21-23H,11-13H2,1H3,(H,31,33)/t14-,21-,22-,23+/m1/s1. The molecule has 2 aliphatic heterocycles. The largest absolute Gasteiger partial charge is 0.419 e. The molecule has 0 radical (unpaired) electrons. The first kappa shape index (κ1) is 26.4. The number of fused-ring (bicyclic) bond motifs is 1. The lowest BCUT2D eigenvalue weighted by molar-refractivity contribution is -0.140. The molecule has 12 heteroatoms. The molecule has 2 saturated heterocycles. The fraction of sp³-hybridized carbons (Fsp3) is 0.385. The maximum absolute atomic E-state index is 14.3. The van der Waals surface area contributed by atoms with E-state index in [1.54, 1.807) is 6.08 Å². The lowest BCUT2D eigenvalue weighted by Gasteiger charge is -2.36. The molecule has 202 valence electrons. The smallest absolute Gasteiger partial charge is 0.381 e. The minimum atomic E-state index is -4.85. The summed E-state index contributed by atoms with van der Waals surface area (Å²) in [6, 6.07) is 6.02. The van der Waals surface area contributed by atoms with Crippen molar-refractivity contribution >= 4 is 21.7 Å². The SMILES string of the molecule is CS(=O)(=O)c1cccc(C(=O)N2[C@@H](C(=O)N[C@@H](c3ccc(C(F)(F)F)c(F)c3)C3COC3)C[C@H]3C=C[C@H]32)c1. The summed E-state index contributed by atoms with van der Waals surface area (Å²) in [6.45, 7) is 0.456. The van der Waals surface area contributed by atoms with Crippen LogP contribution in [0.2, 0.25) is 0 Å². The molecule has 0 unspecified atom stereocenters. The number of carbonyl (C=O) groups excluding carboxylic acids is 2. The lowest BCUT2D eigenvalue weighted by atomic mass is 9.88. The topological polar surface area (TPSA) is 92.8 Å². The lowest BCUT2D eigenvalue weighted by Crippen LogP contribution is -2.52. The van der Waals surface area contributed by atoms with Crippen LogP contribution in [-0.2, 0) is 25.5 Å². The van der Waals surface area contributed by atoms with Crippen LogP contribution in [0.5, 0.6) is 0 Å². The summed E-state index contributed by atoms with van der Waals surface area (Å²) < 4.78 is 82.7. The second-order valence-electron chi connectivity index (χ2n) is 9.82. The highest BCUT2D eigenvalue weighted by atomic mass is 32.2. The first-order chi connectivity index (χ1) is 17.8. The van der Waals surface area contributed by atoms with Crippen LogP contribution >= 0.6 is 0 Å². The third-order valence-electron chi connectivity index (χ3n) is 7.28. The zero-order valence-electron chi connectivity index (χ0n) is 20.1. The van der Waals surface area contributed by atoms with E-state index in [1.807, 2.05) is 6.08 Å². The van der Waals surface area contributed by atoms with Gasteiger partial charge in [-0.15, -0.1) is 0 Å². The summed E-state index contributed by atoms with van der Waals surface area (Å²) in [6.07, 6.45) is 0.167. The van der Waals surface area contributed by atoms with E-state index in [2.05, 4.69) is 5.32 Å². The molecule has 3 aliphatic rings. The second kappa shape index (κ2) is 9.49. The Morgan fingerprint density at radius 2 is 1.84 bits per heavy atom. The highest BCUT2D eigenvalue weighted by Gasteiger charge is 2.49. The number of benzene rings is 2. The molecular formula is C26H24F4N2O5S. The van der Waals surface area contributed by atoms with Gasteiger partial charge in [0.05, 0.1) is 35.8 Å². The van der Waals surface area contributed by atoms with Crippen molar-refractivity contribution in [3.05, 3.63) is 77.1 Å². The van der Waals surface area contributed by atoms with Crippen molar-refractivity contribution in [3.8, 4) is 0 Å². The summed E-state index contributed by atoms with van der Waals surface area (Å²) in [7, 11) is -3.57. The molecule has 1 aliphatic carbocycles. The van der Waals surface area contributed by atoms with Crippen molar-refractivity contribution < 1.29 is 40.3 Å². The van der Waals surface area contributed by atoms with Crippen molar-refractivity contribution in [2.24, 2.45) is 11.8 Å². The molecule has 2 fully saturated rings. The van der Waals surface area contributed by atoms with E-state index in [0.717, 1.165) is 18.4 Å². The van der Waals surface area contributed by atoms with Gasteiger partial charge in [0.2, 0.25) is 5.91 Å². The Hall–Kier alpha value is -3.25. The number of sulfone groups is 1. The number of nitrogens with one attached hydrogen (secondary N) is 1. The van der Waals surface area contributed by atoms with Crippen molar-refractivity contribution in [1.82, 2.24) is 10.2 Å². The average Bonchev–Trinajstić information content (AvgIpc) is 3.05. The molecule has 38 heavy (non-hydrogen) atoms. The number of alkyl halides is 3. The van der Waals surface area contributed by atoms with Crippen LogP contribution in [0.15, 0.2) is 59.5 Å². The van der Waals surface area contributed by atoms with Crippen molar-refractivity contribution in [3.63, 3.8) is 0 Å². The van der Waals surface area contributed by atoms with Crippen molar-refractivity contribution in [2.45, 2.75) is 35.6 Å². The van der Waals surface area contributed by atoms with Gasteiger partial charge in [-0.25, -0.2) is 12.8 Å². The number of hydrogen-bond donors (Lipinski definition) is 1. The highest BCUT2D eigenvalue weighted by Crippen LogP contribution is 2.40.